The SMILES string of the molecule is CC1CC[C@]2(C(=O)O)CC[C@]3(C)C(=CCC4[C@@]5(C)CCC(O)[C@@](C)(C(=O)O)C5CC[C@]43C)C2[C@]1(C)O. The largest absolute Gasteiger partial charge is 0.481 e. The number of aliphatic hydroxyl groups excluding tert-OH is 1. The molecule has 0 spiro atoms. The Bertz CT molecular complexity index is 1020. The molecule has 202 valence electrons. The third kappa shape index (κ3) is 2.81. The van der Waals surface area contributed by atoms with Crippen molar-refractivity contribution in [2.45, 2.75) is 111 Å². The van der Waals surface area contributed by atoms with E-state index in [1.165, 1.54) is 0 Å². The summed E-state index contributed by atoms with van der Waals surface area (Å²) in [5.41, 5.74) is -2.66. The van der Waals surface area contributed by atoms with Gasteiger partial charge in [-0.25, -0.2) is 0 Å². The van der Waals surface area contributed by atoms with E-state index in [4.69, 9.17) is 0 Å². The lowest BCUT2D eigenvalue weighted by molar-refractivity contribution is -0.224. The second-order valence-corrected chi connectivity index (χ2v) is 14.5. The topological polar surface area (TPSA) is 115 Å². The standard InChI is InChI=1S/C30H46O6/c1-17-9-14-30(24(34)35)16-15-26(3)18(22(30)29(17,6)36)7-8-19-25(2)12-11-21(31)28(5,23(32)33)20(25)10-13-27(19,26)4/h7,17,19-22,31,36H,8-16H2,1-6H3,(H,32,33)(H,34,35)/t17?,19?,20?,21?,22?,25-,26-,27-,28+,29-,30+/m1/s1. The molecule has 4 fully saturated rings. The number of allylic oxidation sites excluding steroid dienone is 1. The molecule has 0 saturated heterocycles. The Morgan fingerprint density at radius 1 is 0.861 bits per heavy atom. The zero-order valence-electron chi connectivity index (χ0n) is 22.9. The number of carbonyl (C=O) groups is 2. The molecule has 0 aromatic carbocycles. The van der Waals surface area contributed by atoms with Crippen LogP contribution in [-0.4, -0.2) is 44.1 Å². The van der Waals surface area contributed by atoms with Crippen LogP contribution >= 0.6 is 0 Å². The molecule has 0 amide bonds. The Kier molecular flexibility index (Phi) is 5.53. The highest BCUT2D eigenvalue weighted by Crippen LogP contribution is 2.76. The van der Waals surface area contributed by atoms with E-state index in [9.17, 15) is 30.0 Å². The molecule has 0 aromatic rings. The van der Waals surface area contributed by atoms with Crippen LogP contribution in [-0.2, 0) is 9.59 Å². The quantitative estimate of drug-likeness (QED) is 0.383. The Balaban J connectivity index is 1.64. The lowest BCUT2D eigenvalue weighted by Gasteiger charge is -2.71. The summed E-state index contributed by atoms with van der Waals surface area (Å²) in [7, 11) is 0. The van der Waals surface area contributed by atoms with E-state index in [0.717, 1.165) is 44.1 Å². The molecule has 0 radical (unpaired) electrons. The van der Waals surface area contributed by atoms with Crippen molar-refractivity contribution in [2.75, 3.05) is 0 Å². The summed E-state index contributed by atoms with van der Waals surface area (Å²) in [5, 5.41) is 43.5. The number of rotatable bonds is 2. The predicted octanol–water partition coefficient (Wildman–Crippen LogP) is 5.27. The third-order valence-corrected chi connectivity index (χ3v) is 13.6. The Morgan fingerprint density at radius 3 is 2.14 bits per heavy atom. The highest BCUT2D eigenvalue weighted by molar-refractivity contribution is 5.77. The number of aliphatic carboxylic acids is 2. The van der Waals surface area contributed by atoms with E-state index in [2.05, 4.69) is 33.8 Å². The fraction of sp³-hybridized carbons (Fsp3) is 0.867. The number of hydrogen-bond donors (Lipinski definition) is 4. The van der Waals surface area contributed by atoms with Crippen molar-refractivity contribution in [3.05, 3.63) is 11.6 Å². The van der Waals surface area contributed by atoms with E-state index >= 15 is 0 Å². The summed E-state index contributed by atoms with van der Waals surface area (Å²) in [6.07, 6.45) is 7.77. The monoisotopic (exact) mass is 502 g/mol. The molecule has 0 aromatic heterocycles. The maximum absolute atomic E-state index is 12.8. The van der Waals surface area contributed by atoms with Crippen molar-refractivity contribution < 1.29 is 30.0 Å². The molecule has 0 heterocycles. The minimum atomic E-state index is -1.16. The maximum Gasteiger partial charge on any atom is 0.312 e. The molecule has 36 heavy (non-hydrogen) atoms. The maximum atomic E-state index is 12.8. The second kappa shape index (κ2) is 7.59. The summed E-state index contributed by atoms with van der Waals surface area (Å²) in [5.74, 6) is -1.93. The van der Waals surface area contributed by atoms with Gasteiger partial charge in [-0.3, -0.25) is 9.59 Å². The number of hydrogen-bond acceptors (Lipinski definition) is 4. The van der Waals surface area contributed by atoms with Crippen LogP contribution in [0.1, 0.15) is 99.3 Å². The van der Waals surface area contributed by atoms with Crippen LogP contribution in [0.2, 0.25) is 0 Å². The molecule has 4 N–H and O–H groups in total. The average Bonchev–Trinajstić information content (AvgIpc) is 2.79. The highest BCUT2D eigenvalue weighted by atomic mass is 16.4. The average molecular weight is 503 g/mol. The summed E-state index contributed by atoms with van der Waals surface area (Å²) in [6, 6.07) is 0. The predicted molar refractivity (Wildman–Crippen MR) is 136 cm³/mol. The molecular formula is C30H46O6. The molecule has 5 unspecified atom stereocenters. The smallest absolute Gasteiger partial charge is 0.312 e. The van der Waals surface area contributed by atoms with Crippen LogP contribution in [0.5, 0.6) is 0 Å². The normalized spacial score (nSPS) is 56.3. The summed E-state index contributed by atoms with van der Waals surface area (Å²) >= 11 is 0. The van der Waals surface area contributed by atoms with E-state index in [-0.39, 0.29) is 34.0 Å². The van der Waals surface area contributed by atoms with Crippen LogP contribution in [0, 0.1) is 50.7 Å². The van der Waals surface area contributed by atoms with Gasteiger partial charge in [0.2, 0.25) is 0 Å². The number of carboxylic acids is 2. The summed E-state index contributed by atoms with van der Waals surface area (Å²) < 4.78 is 0. The first-order chi connectivity index (χ1) is 16.5. The first-order valence-corrected chi connectivity index (χ1v) is 14.1. The van der Waals surface area contributed by atoms with Gasteiger partial charge in [-0.2, -0.15) is 0 Å². The number of aliphatic hydroxyl groups is 2. The van der Waals surface area contributed by atoms with Crippen LogP contribution in [0.15, 0.2) is 11.6 Å². The molecule has 0 aliphatic heterocycles. The molecule has 6 heteroatoms. The Morgan fingerprint density at radius 2 is 1.53 bits per heavy atom. The van der Waals surface area contributed by atoms with E-state index in [1.54, 1.807) is 6.92 Å². The van der Waals surface area contributed by atoms with Gasteiger partial charge in [0.15, 0.2) is 0 Å². The molecule has 11 atom stereocenters. The van der Waals surface area contributed by atoms with Crippen molar-refractivity contribution in [3.8, 4) is 0 Å². The van der Waals surface area contributed by atoms with Gasteiger partial charge in [0, 0.05) is 5.92 Å². The van der Waals surface area contributed by atoms with Crippen molar-refractivity contribution in [3.63, 3.8) is 0 Å². The van der Waals surface area contributed by atoms with E-state index < -0.39 is 40.4 Å². The minimum Gasteiger partial charge on any atom is -0.481 e. The molecule has 6 nitrogen and oxygen atoms in total. The zero-order valence-corrected chi connectivity index (χ0v) is 22.9. The van der Waals surface area contributed by atoms with Crippen LogP contribution in [0.4, 0.5) is 0 Å². The first kappa shape index (κ1) is 26.2. The molecule has 5 aliphatic rings. The van der Waals surface area contributed by atoms with Crippen molar-refractivity contribution >= 4 is 11.9 Å². The van der Waals surface area contributed by atoms with Gasteiger partial charge in [0.25, 0.3) is 0 Å². The lowest BCUT2D eigenvalue weighted by atomic mass is 9.33. The second-order valence-electron chi connectivity index (χ2n) is 14.5. The molecular weight excluding hydrogens is 456 g/mol. The van der Waals surface area contributed by atoms with Gasteiger partial charge in [-0.1, -0.05) is 39.3 Å². The van der Waals surface area contributed by atoms with Crippen molar-refractivity contribution in [2.24, 2.45) is 50.7 Å². The number of carboxylic acid groups (broad SMARTS) is 2. The summed E-state index contributed by atoms with van der Waals surface area (Å²) in [6.45, 7) is 12.6. The minimum absolute atomic E-state index is 0.0214. The number of fused-ring (bicyclic) bond motifs is 7. The van der Waals surface area contributed by atoms with Crippen molar-refractivity contribution in [1.29, 1.82) is 0 Å². The van der Waals surface area contributed by atoms with Crippen LogP contribution < -0.4 is 0 Å². The molecule has 0 bridgehead atoms. The fourth-order valence-electron chi connectivity index (χ4n) is 10.8. The third-order valence-electron chi connectivity index (χ3n) is 13.6. The van der Waals surface area contributed by atoms with Gasteiger partial charge < -0.3 is 20.4 Å². The molecule has 5 aliphatic carbocycles. The van der Waals surface area contributed by atoms with Crippen LogP contribution in [0.25, 0.3) is 0 Å². The highest BCUT2D eigenvalue weighted by Gasteiger charge is 2.72. The Hall–Kier alpha value is -1.40. The fourth-order valence-corrected chi connectivity index (χ4v) is 10.8. The van der Waals surface area contributed by atoms with E-state index in [0.29, 0.717) is 19.3 Å². The lowest BCUT2D eigenvalue weighted by Crippen LogP contribution is -2.68. The molecule has 4 saturated carbocycles. The molecule has 5 rings (SSSR count). The van der Waals surface area contributed by atoms with Gasteiger partial charge in [0.05, 0.1) is 22.5 Å². The van der Waals surface area contributed by atoms with Crippen LogP contribution in [0.3, 0.4) is 0 Å². The summed E-state index contributed by atoms with van der Waals surface area (Å²) in [4.78, 5) is 25.4. The van der Waals surface area contributed by atoms with Gasteiger partial charge in [-0.05, 0) is 106 Å². The van der Waals surface area contributed by atoms with E-state index in [1.807, 2.05) is 6.92 Å². The first-order valence-electron chi connectivity index (χ1n) is 14.1. The Labute approximate surface area is 215 Å². The van der Waals surface area contributed by atoms with Crippen molar-refractivity contribution in [1.82, 2.24) is 0 Å². The zero-order chi connectivity index (χ0) is 26.7. The van der Waals surface area contributed by atoms with Gasteiger partial charge in [-0.15, -0.1) is 0 Å². The van der Waals surface area contributed by atoms with Gasteiger partial charge >= 0.3 is 11.9 Å². The van der Waals surface area contributed by atoms with Gasteiger partial charge in [0.1, 0.15) is 0 Å².